The highest BCUT2D eigenvalue weighted by molar-refractivity contribution is 7.90. The predicted octanol–water partition coefficient (Wildman–Crippen LogP) is 3.24. The van der Waals surface area contributed by atoms with E-state index in [1.54, 1.807) is 30.3 Å². The second-order valence-corrected chi connectivity index (χ2v) is 6.45. The zero-order valence-electron chi connectivity index (χ0n) is 12.0. The van der Waals surface area contributed by atoms with Crippen LogP contribution < -0.4 is 5.73 Å². The Morgan fingerprint density at radius 3 is 2.05 bits per heavy atom. The van der Waals surface area contributed by atoms with Gasteiger partial charge < -0.3 is 5.73 Å². The van der Waals surface area contributed by atoms with Crippen molar-refractivity contribution >= 4 is 15.5 Å². The second-order valence-electron chi connectivity index (χ2n) is 4.44. The molecule has 0 saturated carbocycles. The quantitative estimate of drug-likeness (QED) is 0.699. The Labute approximate surface area is 126 Å². The van der Waals surface area contributed by atoms with Crippen LogP contribution in [0.3, 0.4) is 0 Å². The smallest absolute Gasteiger partial charge is 0.175 e. The normalized spacial score (nSPS) is 9.95. The lowest BCUT2D eigenvalue weighted by Crippen LogP contribution is -1.96. The molecular formula is C17H19NO2S. The number of para-hydroxylation sites is 1. The van der Waals surface area contributed by atoms with Gasteiger partial charge in [-0.1, -0.05) is 36.9 Å². The standard InChI is InChI=1S/C11H12O2S.C6H7N/c1-3-4-5-10-6-8-11(9-7-10)14(2,12)13;7-6-4-2-1-3-5-6/h4,6-9H,1,5H2,2H3;1-5H,7H2. The number of sulfone groups is 1. The maximum absolute atomic E-state index is 11.1. The van der Waals surface area contributed by atoms with Crippen LogP contribution in [0, 0.1) is 0 Å². The van der Waals surface area contributed by atoms with Gasteiger partial charge in [-0.25, -0.2) is 8.42 Å². The van der Waals surface area contributed by atoms with Crippen molar-refractivity contribution in [2.75, 3.05) is 12.0 Å². The van der Waals surface area contributed by atoms with Gasteiger partial charge in [0.1, 0.15) is 0 Å². The lowest BCUT2D eigenvalue weighted by atomic mass is 10.1. The van der Waals surface area contributed by atoms with Crippen LogP contribution >= 0.6 is 0 Å². The Morgan fingerprint density at radius 1 is 1.10 bits per heavy atom. The molecule has 0 spiro atoms. The molecular weight excluding hydrogens is 282 g/mol. The van der Waals surface area contributed by atoms with Crippen LogP contribution in [-0.4, -0.2) is 14.7 Å². The summed E-state index contributed by atoms with van der Waals surface area (Å²) in [5.41, 5.74) is 9.90. The van der Waals surface area contributed by atoms with Gasteiger partial charge >= 0.3 is 0 Å². The monoisotopic (exact) mass is 301 g/mol. The van der Waals surface area contributed by atoms with Crippen molar-refractivity contribution in [1.82, 2.24) is 0 Å². The van der Waals surface area contributed by atoms with E-state index in [2.05, 4.69) is 12.3 Å². The van der Waals surface area contributed by atoms with Gasteiger partial charge in [0, 0.05) is 11.9 Å². The lowest BCUT2D eigenvalue weighted by molar-refractivity contribution is 0.602. The largest absolute Gasteiger partial charge is 0.399 e. The predicted molar refractivity (Wildman–Crippen MR) is 87.8 cm³/mol. The molecule has 2 N–H and O–H groups in total. The van der Waals surface area contributed by atoms with E-state index in [1.807, 2.05) is 30.3 Å². The van der Waals surface area contributed by atoms with Crippen LogP contribution in [0.4, 0.5) is 5.69 Å². The van der Waals surface area contributed by atoms with Crippen molar-refractivity contribution in [3.63, 3.8) is 0 Å². The van der Waals surface area contributed by atoms with Gasteiger partial charge in [-0.05, 0) is 42.3 Å². The number of anilines is 1. The zero-order chi connectivity index (χ0) is 15.7. The molecule has 110 valence electrons. The highest BCUT2D eigenvalue weighted by Gasteiger charge is 2.05. The lowest BCUT2D eigenvalue weighted by Gasteiger charge is -1.99. The first-order chi connectivity index (χ1) is 9.93. The summed E-state index contributed by atoms with van der Waals surface area (Å²) in [6, 6.07) is 16.3. The molecule has 21 heavy (non-hydrogen) atoms. The van der Waals surface area contributed by atoms with Gasteiger partial charge in [-0.15, -0.1) is 5.73 Å². The van der Waals surface area contributed by atoms with E-state index in [4.69, 9.17) is 5.73 Å². The van der Waals surface area contributed by atoms with Crippen LogP contribution in [0.25, 0.3) is 0 Å². The molecule has 0 amide bonds. The van der Waals surface area contributed by atoms with E-state index in [0.29, 0.717) is 4.90 Å². The van der Waals surface area contributed by atoms with Crippen molar-refractivity contribution in [3.8, 4) is 0 Å². The summed E-state index contributed by atoms with van der Waals surface area (Å²) in [5, 5.41) is 0. The fourth-order valence-corrected chi connectivity index (χ4v) is 2.15. The highest BCUT2D eigenvalue weighted by atomic mass is 32.2. The van der Waals surface area contributed by atoms with E-state index in [-0.39, 0.29) is 0 Å². The van der Waals surface area contributed by atoms with Gasteiger partial charge in [-0.2, -0.15) is 0 Å². The number of allylic oxidation sites excluding steroid dienone is 1. The van der Waals surface area contributed by atoms with Crippen LogP contribution in [-0.2, 0) is 16.3 Å². The minimum absolute atomic E-state index is 0.351. The maximum atomic E-state index is 11.1. The van der Waals surface area contributed by atoms with E-state index in [9.17, 15) is 8.42 Å². The first kappa shape index (κ1) is 16.8. The van der Waals surface area contributed by atoms with Crippen LogP contribution in [0.1, 0.15) is 5.56 Å². The summed E-state index contributed by atoms with van der Waals surface area (Å²) in [7, 11) is -3.08. The van der Waals surface area contributed by atoms with Crippen molar-refractivity contribution in [2.45, 2.75) is 11.3 Å². The van der Waals surface area contributed by atoms with Crippen molar-refractivity contribution in [3.05, 3.63) is 78.5 Å². The second kappa shape index (κ2) is 8.10. The summed E-state index contributed by atoms with van der Waals surface area (Å²) >= 11 is 0. The third kappa shape index (κ3) is 6.61. The van der Waals surface area contributed by atoms with Crippen molar-refractivity contribution in [2.24, 2.45) is 0 Å². The Bertz CT molecular complexity index is 698. The molecule has 0 aliphatic rings. The third-order valence-electron chi connectivity index (χ3n) is 2.63. The molecule has 0 bridgehead atoms. The number of rotatable bonds is 3. The first-order valence-corrected chi connectivity index (χ1v) is 8.26. The number of nitrogens with two attached hydrogens (primary N) is 1. The van der Waals surface area contributed by atoms with Crippen molar-refractivity contribution < 1.29 is 8.42 Å². The number of nitrogen functional groups attached to an aromatic ring is 1. The number of hydrogen-bond acceptors (Lipinski definition) is 3. The van der Waals surface area contributed by atoms with Crippen molar-refractivity contribution in [1.29, 1.82) is 0 Å². The minimum Gasteiger partial charge on any atom is -0.399 e. The molecule has 0 aliphatic carbocycles. The molecule has 0 aliphatic heterocycles. The van der Waals surface area contributed by atoms with E-state index < -0.39 is 9.84 Å². The van der Waals surface area contributed by atoms with Crippen LogP contribution in [0.2, 0.25) is 0 Å². The Balaban J connectivity index is 0.000000262. The van der Waals surface area contributed by atoms with E-state index in [0.717, 1.165) is 17.7 Å². The fraction of sp³-hybridized carbons (Fsp3) is 0.118. The van der Waals surface area contributed by atoms with Crippen LogP contribution in [0.5, 0.6) is 0 Å². The summed E-state index contributed by atoms with van der Waals surface area (Å²) in [4.78, 5) is 0.351. The highest BCUT2D eigenvalue weighted by Crippen LogP contribution is 2.10. The molecule has 0 heterocycles. The topological polar surface area (TPSA) is 60.2 Å². The molecule has 0 unspecified atom stereocenters. The molecule has 0 saturated heterocycles. The number of benzene rings is 2. The Kier molecular flexibility index (Phi) is 6.47. The van der Waals surface area contributed by atoms with Gasteiger partial charge in [0.05, 0.1) is 4.90 Å². The zero-order valence-corrected chi connectivity index (χ0v) is 12.8. The first-order valence-electron chi connectivity index (χ1n) is 6.37. The molecule has 0 atom stereocenters. The average Bonchev–Trinajstić information content (AvgIpc) is 2.46. The van der Waals surface area contributed by atoms with Gasteiger partial charge in [0.15, 0.2) is 9.84 Å². The Hall–Kier alpha value is -2.29. The average molecular weight is 301 g/mol. The summed E-state index contributed by atoms with van der Waals surface area (Å²) in [6.07, 6.45) is 3.73. The van der Waals surface area contributed by atoms with E-state index >= 15 is 0 Å². The molecule has 0 radical (unpaired) electrons. The number of hydrogen-bond donors (Lipinski definition) is 1. The molecule has 0 fully saturated rings. The molecule has 3 nitrogen and oxygen atoms in total. The maximum Gasteiger partial charge on any atom is 0.175 e. The van der Waals surface area contributed by atoms with Gasteiger partial charge in [-0.3, -0.25) is 0 Å². The van der Waals surface area contributed by atoms with Gasteiger partial charge in [0.25, 0.3) is 0 Å². The summed E-state index contributed by atoms with van der Waals surface area (Å²) < 4.78 is 22.3. The summed E-state index contributed by atoms with van der Waals surface area (Å²) in [5.74, 6) is 0. The molecule has 2 aromatic carbocycles. The van der Waals surface area contributed by atoms with Crippen LogP contribution in [0.15, 0.2) is 77.9 Å². The molecule has 4 heteroatoms. The third-order valence-corrected chi connectivity index (χ3v) is 3.76. The molecule has 2 rings (SSSR count). The molecule has 0 aromatic heterocycles. The summed E-state index contributed by atoms with van der Waals surface area (Å²) in [6.45, 7) is 3.46. The fourth-order valence-electron chi connectivity index (χ4n) is 1.52. The van der Waals surface area contributed by atoms with E-state index in [1.165, 1.54) is 6.26 Å². The minimum atomic E-state index is -3.08. The van der Waals surface area contributed by atoms with Gasteiger partial charge in [0.2, 0.25) is 0 Å². The SMILES string of the molecule is C=C=CCc1ccc(S(C)(=O)=O)cc1.Nc1ccccc1. The Morgan fingerprint density at radius 2 is 1.67 bits per heavy atom. The molecule has 2 aromatic rings.